The first-order valence-corrected chi connectivity index (χ1v) is 5.84. The van der Waals surface area contributed by atoms with Gasteiger partial charge < -0.3 is 19.7 Å². The van der Waals surface area contributed by atoms with Crippen LogP contribution in [0.25, 0.3) is 0 Å². The second kappa shape index (κ2) is 4.65. The van der Waals surface area contributed by atoms with Crippen LogP contribution in [0.2, 0.25) is 0 Å². The number of benzene rings is 1. The first-order chi connectivity index (χ1) is 8.13. The third kappa shape index (κ3) is 2.20. The molecule has 1 N–H and O–H groups in total. The monoisotopic (exact) mass is 235 g/mol. The Bertz CT molecular complexity index is 439. The van der Waals surface area contributed by atoms with E-state index in [0.29, 0.717) is 30.6 Å². The molecule has 4 heteroatoms. The van der Waals surface area contributed by atoms with E-state index >= 15 is 0 Å². The summed E-state index contributed by atoms with van der Waals surface area (Å²) < 4.78 is 5.44. The number of phenolic OH excluding ortho intramolecular Hbond substituents is 1. The largest absolute Gasteiger partial charge is 0.546 e. The Morgan fingerprint density at radius 2 is 2.35 bits per heavy atom. The molecule has 1 heterocycles. The molecule has 0 amide bonds. The number of carbonyl (C=O) groups excluding carboxylic acids is 1. The Kier molecular flexibility index (Phi) is 3.22. The van der Waals surface area contributed by atoms with Gasteiger partial charge in [-0.2, -0.15) is 0 Å². The highest BCUT2D eigenvalue weighted by Crippen LogP contribution is 2.37. The van der Waals surface area contributed by atoms with Gasteiger partial charge in [-0.15, -0.1) is 0 Å². The van der Waals surface area contributed by atoms with Gasteiger partial charge in [0, 0.05) is 5.56 Å². The summed E-state index contributed by atoms with van der Waals surface area (Å²) >= 11 is 0. The summed E-state index contributed by atoms with van der Waals surface area (Å²) in [7, 11) is 0. The normalized spacial score (nSPS) is 18.3. The Balaban J connectivity index is 2.39. The van der Waals surface area contributed by atoms with Gasteiger partial charge in [-0.1, -0.05) is 19.4 Å². The smallest absolute Gasteiger partial charge is 0.138 e. The van der Waals surface area contributed by atoms with Gasteiger partial charge >= 0.3 is 0 Å². The number of fused-ring (bicyclic) bond motifs is 1. The maximum Gasteiger partial charge on any atom is 0.138 e. The van der Waals surface area contributed by atoms with Gasteiger partial charge in [0.2, 0.25) is 0 Å². The molecule has 4 nitrogen and oxygen atoms in total. The predicted octanol–water partition coefficient (Wildman–Crippen LogP) is 0.788. The summed E-state index contributed by atoms with van der Waals surface area (Å²) in [6.45, 7) is 2.00. The van der Waals surface area contributed by atoms with Crippen molar-refractivity contribution >= 4 is 5.97 Å². The van der Waals surface area contributed by atoms with Crippen LogP contribution in [0.4, 0.5) is 0 Å². The molecule has 1 aliphatic rings. The number of carboxylic acid groups (broad SMARTS) is 1. The minimum Gasteiger partial charge on any atom is -0.546 e. The number of aliphatic carboxylic acids is 1. The number of carbonyl (C=O) groups is 1. The fourth-order valence-electron chi connectivity index (χ4n) is 2.15. The standard InChI is InChI=1S/C13H16O4/c1-2-3-9-10(14)6-4-8-5-7-11(13(15)16)17-12(8)9/h4,6,11,14H,2-3,5,7H2,1H3,(H,15,16)/p-1. The van der Waals surface area contributed by atoms with Crippen LogP contribution in [0.5, 0.6) is 11.5 Å². The highest BCUT2D eigenvalue weighted by Gasteiger charge is 2.24. The van der Waals surface area contributed by atoms with Crippen LogP contribution in [0.1, 0.15) is 30.9 Å². The molecule has 1 aromatic carbocycles. The van der Waals surface area contributed by atoms with Crippen molar-refractivity contribution in [1.29, 1.82) is 0 Å². The van der Waals surface area contributed by atoms with E-state index in [-0.39, 0.29) is 5.75 Å². The molecule has 17 heavy (non-hydrogen) atoms. The molecule has 0 aromatic heterocycles. The summed E-state index contributed by atoms with van der Waals surface area (Å²) in [6, 6.07) is 3.43. The second-order valence-electron chi connectivity index (χ2n) is 4.27. The SMILES string of the molecule is CCCc1c(O)ccc2c1OC(C(=O)[O-])CC2. The number of aryl methyl sites for hydroxylation is 1. The first kappa shape index (κ1) is 11.8. The van der Waals surface area contributed by atoms with Gasteiger partial charge in [-0.05, 0) is 30.9 Å². The predicted molar refractivity (Wildman–Crippen MR) is 59.8 cm³/mol. The summed E-state index contributed by atoms with van der Waals surface area (Å²) in [4.78, 5) is 10.8. The molecule has 1 aromatic rings. The number of hydrogen-bond acceptors (Lipinski definition) is 4. The van der Waals surface area contributed by atoms with Gasteiger partial charge in [-0.25, -0.2) is 0 Å². The zero-order valence-corrected chi connectivity index (χ0v) is 9.73. The number of rotatable bonds is 3. The van der Waals surface area contributed by atoms with E-state index in [2.05, 4.69) is 0 Å². The summed E-state index contributed by atoms with van der Waals surface area (Å²) in [5, 5.41) is 20.6. The molecular weight excluding hydrogens is 220 g/mol. The lowest BCUT2D eigenvalue weighted by Gasteiger charge is -2.28. The van der Waals surface area contributed by atoms with Crippen molar-refractivity contribution in [2.75, 3.05) is 0 Å². The lowest BCUT2D eigenvalue weighted by molar-refractivity contribution is -0.314. The average molecular weight is 235 g/mol. The van der Waals surface area contributed by atoms with Crippen molar-refractivity contribution in [3.05, 3.63) is 23.3 Å². The van der Waals surface area contributed by atoms with Crippen LogP contribution in [-0.2, 0) is 17.6 Å². The van der Waals surface area contributed by atoms with Gasteiger partial charge in [-0.3, -0.25) is 0 Å². The Hall–Kier alpha value is -1.71. The molecule has 0 fully saturated rings. The quantitative estimate of drug-likeness (QED) is 0.840. The van der Waals surface area contributed by atoms with E-state index in [1.807, 2.05) is 6.92 Å². The molecule has 0 aliphatic carbocycles. The van der Waals surface area contributed by atoms with Gasteiger partial charge in [0.15, 0.2) is 0 Å². The van der Waals surface area contributed by atoms with Gasteiger partial charge in [0.25, 0.3) is 0 Å². The Morgan fingerprint density at radius 1 is 1.59 bits per heavy atom. The highest BCUT2D eigenvalue weighted by molar-refractivity contribution is 5.71. The number of hydrogen-bond donors (Lipinski definition) is 1. The molecule has 0 saturated heterocycles. The van der Waals surface area contributed by atoms with Crippen LogP contribution in [0, 0.1) is 0 Å². The third-order valence-electron chi connectivity index (χ3n) is 3.02. The van der Waals surface area contributed by atoms with Crippen molar-refractivity contribution in [3.63, 3.8) is 0 Å². The zero-order chi connectivity index (χ0) is 12.4. The third-order valence-corrected chi connectivity index (χ3v) is 3.02. The van der Waals surface area contributed by atoms with Crippen molar-refractivity contribution in [1.82, 2.24) is 0 Å². The minimum atomic E-state index is -1.19. The number of ether oxygens (including phenoxy) is 1. The van der Waals surface area contributed by atoms with Gasteiger partial charge in [0.05, 0.1) is 5.97 Å². The lowest BCUT2D eigenvalue weighted by atomic mass is 9.96. The number of carboxylic acids is 1. The lowest BCUT2D eigenvalue weighted by Crippen LogP contribution is -2.41. The van der Waals surface area contributed by atoms with E-state index in [9.17, 15) is 15.0 Å². The van der Waals surface area contributed by atoms with Crippen LogP contribution < -0.4 is 9.84 Å². The van der Waals surface area contributed by atoms with E-state index < -0.39 is 12.1 Å². The fraction of sp³-hybridized carbons (Fsp3) is 0.462. The van der Waals surface area contributed by atoms with Crippen molar-refractivity contribution in [2.24, 2.45) is 0 Å². The molecule has 0 spiro atoms. The second-order valence-corrected chi connectivity index (χ2v) is 4.27. The number of phenols is 1. The Morgan fingerprint density at radius 3 is 3.00 bits per heavy atom. The summed E-state index contributed by atoms with van der Waals surface area (Å²) in [5.74, 6) is -0.488. The molecule has 1 unspecified atom stereocenters. The van der Waals surface area contributed by atoms with Crippen LogP contribution in [0.3, 0.4) is 0 Å². The van der Waals surface area contributed by atoms with Crippen LogP contribution in [0.15, 0.2) is 12.1 Å². The molecule has 0 saturated carbocycles. The summed E-state index contributed by atoms with van der Waals surface area (Å²) in [5.41, 5.74) is 1.67. The van der Waals surface area contributed by atoms with E-state index in [0.717, 1.165) is 12.0 Å². The van der Waals surface area contributed by atoms with E-state index in [1.54, 1.807) is 12.1 Å². The highest BCUT2D eigenvalue weighted by atomic mass is 16.5. The van der Waals surface area contributed by atoms with E-state index in [1.165, 1.54) is 0 Å². The van der Waals surface area contributed by atoms with Crippen LogP contribution in [-0.4, -0.2) is 17.2 Å². The average Bonchev–Trinajstić information content (AvgIpc) is 2.32. The van der Waals surface area contributed by atoms with Gasteiger partial charge in [0.1, 0.15) is 17.6 Å². The molecule has 0 radical (unpaired) electrons. The van der Waals surface area contributed by atoms with Crippen molar-refractivity contribution < 1.29 is 19.7 Å². The molecule has 2 rings (SSSR count). The zero-order valence-electron chi connectivity index (χ0n) is 9.73. The maximum atomic E-state index is 10.8. The number of aromatic hydroxyl groups is 1. The first-order valence-electron chi connectivity index (χ1n) is 5.84. The Labute approximate surface area is 99.8 Å². The van der Waals surface area contributed by atoms with E-state index in [4.69, 9.17) is 4.74 Å². The fourth-order valence-corrected chi connectivity index (χ4v) is 2.15. The van der Waals surface area contributed by atoms with Crippen molar-refractivity contribution in [3.8, 4) is 11.5 Å². The molecule has 1 atom stereocenters. The maximum absolute atomic E-state index is 10.8. The molecular formula is C13H15O4-. The summed E-state index contributed by atoms with van der Waals surface area (Å²) in [6.07, 6.45) is 1.70. The molecule has 0 bridgehead atoms. The van der Waals surface area contributed by atoms with Crippen LogP contribution >= 0.6 is 0 Å². The van der Waals surface area contributed by atoms with Crippen molar-refractivity contribution in [2.45, 2.75) is 38.7 Å². The minimum absolute atomic E-state index is 0.171. The molecule has 92 valence electrons. The topological polar surface area (TPSA) is 69.6 Å². The molecule has 1 aliphatic heterocycles.